The Morgan fingerprint density at radius 2 is 1.89 bits per heavy atom. The molecule has 0 aliphatic heterocycles. The summed E-state index contributed by atoms with van der Waals surface area (Å²) in [6.45, 7) is 2.05. The number of ether oxygens (including phenoxy) is 2. The van der Waals surface area contributed by atoms with Crippen molar-refractivity contribution in [3.63, 3.8) is 0 Å². The molecule has 1 unspecified atom stereocenters. The second kappa shape index (κ2) is 8.60. The average Bonchev–Trinajstić information content (AvgIpc) is 3.07. The van der Waals surface area contributed by atoms with Crippen molar-refractivity contribution in [1.82, 2.24) is 15.1 Å². The van der Waals surface area contributed by atoms with Crippen molar-refractivity contribution in [1.29, 1.82) is 0 Å². The van der Waals surface area contributed by atoms with Crippen LogP contribution in [-0.4, -0.2) is 28.9 Å². The maximum atomic E-state index is 12.3. The quantitative estimate of drug-likeness (QED) is 0.674. The van der Waals surface area contributed by atoms with Crippen LogP contribution in [0.5, 0.6) is 11.6 Å². The van der Waals surface area contributed by atoms with E-state index in [-0.39, 0.29) is 11.8 Å². The highest BCUT2D eigenvalue weighted by molar-refractivity contribution is 6.31. The fraction of sp³-hybridized carbons (Fsp3) is 0.200. The van der Waals surface area contributed by atoms with Crippen molar-refractivity contribution in [2.24, 2.45) is 0 Å². The van der Waals surface area contributed by atoms with Crippen LogP contribution in [-0.2, 0) is 11.3 Å². The summed E-state index contributed by atoms with van der Waals surface area (Å²) in [5, 5.41) is 7.48. The van der Waals surface area contributed by atoms with Gasteiger partial charge in [-0.15, -0.1) is 5.10 Å². The smallest absolute Gasteiger partial charge is 0.261 e. The maximum absolute atomic E-state index is 12.3. The second-order valence-corrected chi connectivity index (χ2v) is 6.30. The Morgan fingerprint density at radius 3 is 2.56 bits per heavy atom. The molecule has 2 aromatic carbocycles. The fourth-order valence-electron chi connectivity index (χ4n) is 2.43. The third-order valence-electron chi connectivity index (χ3n) is 3.94. The Labute approximate surface area is 162 Å². The molecule has 1 aromatic heterocycles. The van der Waals surface area contributed by atoms with Crippen molar-refractivity contribution in [3.05, 3.63) is 71.4 Å². The number of carbonyl (C=O) groups excluding carboxylic acids is 1. The summed E-state index contributed by atoms with van der Waals surface area (Å²) in [4.78, 5) is 12.3. The molecule has 0 spiro atoms. The number of methoxy groups -OCH3 is 1. The Balaban J connectivity index is 1.58. The third-order valence-corrected chi connectivity index (χ3v) is 4.20. The summed E-state index contributed by atoms with van der Waals surface area (Å²) < 4.78 is 12.4. The van der Waals surface area contributed by atoms with Gasteiger partial charge in [-0.1, -0.05) is 41.9 Å². The molecule has 1 amide bonds. The van der Waals surface area contributed by atoms with E-state index in [2.05, 4.69) is 10.4 Å². The van der Waals surface area contributed by atoms with Gasteiger partial charge < -0.3 is 14.8 Å². The van der Waals surface area contributed by atoms with Crippen molar-refractivity contribution in [2.45, 2.75) is 19.6 Å². The molecule has 27 heavy (non-hydrogen) atoms. The van der Waals surface area contributed by atoms with E-state index in [1.165, 1.54) is 0 Å². The van der Waals surface area contributed by atoms with E-state index < -0.39 is 6.10 Å². The number of aromatic nitrogens is 2. The normalized spacial score (nSPS) is 11.7. The van der Waals surface area contributed by atoms with Crippen molar-refractivity contribution in [3.8, 4) is 17.3 Å². The van der Waals surface area contributed by atoms with Gasteiger partial charge in [0.1, 0.15) is 10.8 Å². The van der Waals surface area contributed by atoms with E-state index >= 15 is 0 Å². The molecule has 7 heteroatoms. The van der Waals surface area contributed by atoms with E-state index in [1.807, 2.05) is 54.6 Å². The number of hydrogen-bond acceptors (Lipinski definition) is 4. The molecular formula is C20H20ClN3O3. The number of hydrogen-bond donors (Lipinski definition) is 1. The SMILES string of the molecule is COc1ccc(CNC(=O)C(C)Oc2nn(-c3ccccc3)cc2Cl)cc1. The van der Waals surface area contributed by atoms with Crippen LogP contribution in [0.3, 0.4) is 0 Å². The van der Waals surface area contributed by atoms with Gasteiger partial charge >= 0.3 is 0 Å². The Kier molecular flexibility index (Phi) is 5.98. The lowest BCUT2D eigenvalue weighted by atomic mass is 10.2. The lowest BCUT2D eigenvalue weighted by Gasteiger charge is -2.13. The summed E-state index contributed by atoms with van der Waals surface area (Å²) in [6.07, 6.45) is 0.911. The van der Waals surface area contributed by atoms with Gasteiger partial charge in [0.25, 0.3) is 11.8 Å². The number of carbonyl (C=O) groups is 1. The minimum atomic E-state index is -0.736. The molecule has 3 aromatic rings. The predicted octanol–water partition coefficient (Wildman–Crippen LogP) is 3.62. The highest BCUT2D eigenvalue weighted by Crippen LogP contribution is 2.25. The molecule has 0 saturated carbocycles. The number of amides is 1. The highest BCUT2D eigenvalue weighted by atomic mass is 35.5. The Bertz CT molecular complexity index is 895. The standard InChI is InChI=1S/C20H20ClN3O3/c1-14(19(25)22-12-15-8-10-17(26-2)11-9-15)27-20-18(21)13-24(23-20)16-6-4-3-5-7-16/h3-11,13-14H,12H2,1-2H3,(H,22,25). The number of rotatable bonds is 7. The van der Waals surface area contributed by atoms with Gasteiger partial charge in [0.2, 0.25) is 0 Å². The summed E-state index contributed by atoms with van der Waals surface area (Å²) in [6, 6.07) is 17.0. The lowest BCUT2D eigenvalue weighted by Crippen LogP contribution is -2.36. The minimum absolute atomic E-state index is 0.215. The molecule has 1 N–H and O–H groups in total. The first-order valence-electron chi connectivity index (χ1n) is 8.44. The number of halogens is 1. The zero-order valence-corrected chi connectivity index (χ0v) is 15.8. The van der Waals surface area contributed by atoms with Gasteiger partial charge in [-0.3, -0.25) is 4.79 Å². The fourth-order valence-corrected chi connectivity index (χ4v) is 2.60. The van der Waals surface area contributed by atoms with Crippen molar-refractivity contribution in [2.75, 3.05) is 7.11 Å². The maximum Gasteiger partial charge on any atom is 0.261 e. The number of nitrogens with one attached hydrogen (secondary N) is 1. The third kappa shape index (κ3) is 4.80. The summed E-state index contributed by atoms with van der Waals surface area (Å²) >= 11 is 6.19. The molecule has 0 radical (unpaired) electrons. The minimum Gasteiger partial charge on any atom is -0.497 e. The monoisotopic (exact) mass is 385 g/mol. The van der Waals surface area contributed by atoms with Gasteiger partial charge in [-0.2, -0.15) is 0 Å². The van der Waals surface area contributed by atoms with Gasteiger partial charge in [0, 0.05) is 6.54 Å². The van der Waals surface area contributed by atoms with E-state index in [1.54, 1.807) is 24.9 Å². The largest absolute Gasteiger partial charge is 0.497 e. The zero-order chi connectivity index (χ0) is 19.2. The molecular weight excluding hydrogens is 366 g/mol. The molecule has 0 fully saturated rings. The summed E-state index contributed by atoms with van der Waals surface area (Å²) in [5.74, 6) is 0.731. The van der Waals surface area contributed by atoms with E-state index in [0.29, 0.717) is 11.6 Å². The molecule has 0 aliphatic rings. The van der Waals surface area contributed by atoms with Crippen molar-refractivity contribution >= 4 is 17.5 Å². The molecule has 0 bridgehead atoms. The number of benzene rings is 2. The second-order valence-electron chi connectivity index (χ2n) is 5.89. The van der Waals surface area contributed by atoms with Crippen LogP contribution in [0.25, 0.3) is 5.69 Å². The summed E-state index contributed by atoms with van der Waals surface area (Å²) in [5.41, 5.74) is 1.81. The molecule has 0 aliphatic carbocycles. The van der Waals surface area contributed by atoms with Crippen LogP contribution < -0.4 is 14.8 Å². The van der Waals surface area contributed by atoms with Gasteiger partial charge in [-0.05, 0) is 36.8 Å². The highest BCUT2D eigenvalue weighted by Gasteiger charge is 2.18. The van der Waals surface area contributed by atoms with E-state index in [9.17, 15) is 4.79 Å². The predicted molar refractivity (Wildman–Crippen MR) is 104 cm³/mol. The molecule has 0 saturated heterocycles. The van der Waals surface area contributed by atoms with Crippen LogP contribution in [0.15, 0.2) is 60.8 Å². The van der Waals surface area contributed by atoms with Crippen LogP contribution in [0.1, 0.15) is 12.5 Å². The molecule has 3 rings (SSSR count). The molecule has 1 atom stereocenters. The van der Waals surface area contributed by atoms with Crippen LogP contribution >= 0.6 is 11.6 Å². The first kappa shape index (κ1) is 18.8. The lowest BCUT2D eigenvalue weighted by molar-refractivity contribution is -0.127. The first-order valence-corrected chi connectivity index (χ1v) is 8.82. The number of para-hydroxylation sites is 1. The topological polar surface area (TPSA) is 65.4 Å². The molecule has 6 nitrogen and oxygen atoms in total. The Hall–Kier alpha value is -2.99. The summed E-state index contributed by atoms with van der Waals surface area (Å²) in [7, 11) is 1.61. The van der Waals surface area contributed by atoms with E-state index in [0.717, 1.165) is 17.0 Å². The van der Waals surface area contributed by atoms with E-state index in [4.69, 9.17) is 21.1 Å². The van der Waals surface area contributed by atoms with Gasteiger partial charge in [0.15, 0.2) is 6.10 Å². The average molecular weight is 386 g/mol. The zero-order valence-electron chi connectivity index (χ0n) is 15.1. The van der Waals surface area contributed by atoms with Gasteiger partial charge in [0.05, 0.1) is 19.0 Å². The molecule has 1 heterocycles. The number of nitrogens with zero attached hydrogens (tertiary/aromatic N) is 2. The first-order chi connectivity index (χ1) is 13.1. The Morgan fingerprint density at radius 1 is 1.19 bits per heavy atom. The van der Waals surface area contributed by atoms with Crippen LogP contribution in [0.4, 0.5) is 0 Å². The van der Waals surface area contributed by atoms with Crippen molar-refractivity contribution < 1.29 is 14.3 Å². The van der Waals surface area contributed by atoms with Crippen LogP contribution in [0, 0.1) is 0 Å². The van der Waals surface area contributed by atoms with Crippen LogP contribution in [0.2, 0.25) is 5.02 Å². The van der Waals surface area contributed by atoms with Gasteiger partial charge in [-0.25, -0.2) is 4.68 Å². The molecule has 140 valence electrons.